The van der Waals surface area contributed by atoms with Crippen LogP contribution in [-0.4, -0.2) is 95.9 Å². The molecular formula is C103H172O16P2. The summed E-state index contributed by atoms with van der Waals surface area (Å²) >= 11 is 0. The number of aliphatic hydroxyl groups is 2. The van der Waals surface area contributed by atoms with Gasteiger partial charge in [-0.05, 0) is 167 Å². The van der Waals surface area contributed by atoms with Gasteiger partial charge in [-0.15, -0.1) is 0 Å². The minimum Gasteiger partial charge on any atom is -0.463 e. The van der Waals surface area contributed by atoms with Crippen LogP contribution in [0.1, 0.15) is 380 Å². The summed E-state index contributed by atoms with van der Waals surface area (Å²) in [6, 6.07) is 0. The molecule has 5 atom stereocenters. The number of rotatable bonds is 89. The average molecular weight is 1730 g/mol. The highest BCUT2D eigenvalue weighted by molar-refractivity contribution is 7.47. The van der Waals surface area contributed by atoms with Gasteiger partial charge in [-0.2, -0.15) is 0 Å². The van der Waals surface area contributed by atoms with Crippen molar-refractivity contribution in [3.63, 3.8) is 0 Å². The average Bonchev–Trinajstić information content (AvgIpc) is 0.889. The molecule has 16 nitrogen and oxygen atoms in total. The number of esters is 3. The number of carbonyl (C=O) groups excluding carboxylic acids is 3. The molecule has 0 fully saturated rings. The van der Waals surface area contributed by atoms with Gasteiger partial charge in [0.1, 0.15) is 25.4 Å². The largest absolute Gasteiger partial charge is 0.472 e. The van der Waals surface area contributed by atoms with Crippen LogP contribution < -0.4 is 0 Å². The third kappa shape index (κ3) is 94.9. The van der Waals surface area contributed by atoms with Gasteiger partial charge in [0.25, 0.3) is 0 Å². The number of allylic oxidation sites excluding steroid dienone is 32. The van der Waals surface area contributed by atoms with Crippen molar-refractivity contribution in [1.29, 1.82) is 0 Å². The molecule has 0 radical (unpaired) electrons. The summed E-state index contributed by atoms with van der Waals surface area (Å²) in [5.74, 6) is -1.60. The van der Waals surface area contributed by atoms with Crippen molar-refractivity contribution in [3.05, 3.63) is 194 Å². The highest BCUT2D eigenvalue weighted by Crippen LogP contribution is 2.45. The van der Waals surface area contributed by atoms with Crippen molar-refractivity contribution in [2.24, 2.45) is 0 Å². The van der Waals surface area contributed by atoms with Crippen LogP contribution in [0.3, 0.4) is 0 Å². The predicted molar refractivity (Wildman–Crippen MR) is 509 cm³/mol. The predicted octanol–water partition coefficient (Wildman–Crippen LogP) is 29.8. The first-order chi connectivity index (χ1) is 59.2. The number of phosphoric ester groups is 2. The molecule has 0 saturated heterocycles. The maximum atomic E-state index is 13.1. The molecule has 0 heterocycles. The van der Waals surface area contributed by atoms with Crippen LogP contribution >= 0.6 is 15.6 Å². The molecule has 0 bridgehead atoms. The van der Waals surface area contributed by atoms with Gasteiger partial charge in [-0.3, -0.25) is 32.5 Å². The Morgan fingerprint density at radius 1 is 0.240 bits per heavy atom. The molecular weight excluding hydrogens is 1560 g/mol. The first-order valence-electron chi connectivity index (χ1n) is 47.7. The number of aliphatic hydroxyl groups excluding tert-OH is 2. The molecule has 18 heteroatoms. The molecule has 0 aromatic rings. The maximum absolute atomic E-state index is 13.1. The number of carbonyl (C=O) groups is 3. The lowest BCUT2D eigenvalue weighted by Crippen LogP contribution is -2.30. The van der Waals surface area contributed by atoms with Crippen LogP contribution in [0.25, 0.3) is 0 Å². The van der Waals surface area contributed by atoms with E-state index < -0.39 is 91.5 Å². The highest BCUT2D eigenvalue weighted by Gasteiger charge is 2.30. The molecule has 0 aromatic heterocycles. The van der Waals surface area contributed by atoms with E-state index in [-0.39, 0.29) is 19.3 Å². The number of hydrogen-bond donors (Lipinski definition) is 4. The van der Waals surface area contributed by atoms with Gasteiger partial charge in [0.15, 0.2) is 6.10 Å². The van der Waals surface area contributed by atoms with E-state index in [0.29, 0.717) is 19.3 Å². The van der Waals surface area contributed by atoms with Gasteiger partial charge in [-0.25, -0.2) is 9.13 Å². The summed E-state index contributed by atoms with van der Waals surface area (Å²) in [7, 11) is -9.83. The fraction of sp³-hybridized carbons (Fsp3) is 0.660. The van der Waals surface area contributed by atoms with E-state index in [4.69, 9.17) is 32.3 Å². The Labute approximate surface area is 737 Å². The summed E-state index contributed by atoms with van der Waals surface area (Å²) in [4.78, 5) is 59.1. The first-order valence-corrected chi connectivity index (χ1v) is 50.7. The first kappa shape index (κ1) is 115. The lowest BCUT2D eigenvalue weighted by Gasteiger charge is -2.21. The van der Waals surface area contributed by atoms with E-state index in [9.17, 15) is 43.5 Å². The number of hydrogen-bond acceptors (Lipinski definition) is 14. The van der Waals surface area contributed by atoms with Crippen LogP contribution in [0.2, 0.25) is 0 Å². The number of phosphoric acid groups is 2. The Hall–Kier alpha value is -5.61. The van der Waals surface area contributed by atoms with Crippen molar-refractivity contribution in [1.82, 2.24) is 0 Å². The summed E-state index contributed by atoms with van der Waals surface area (Å²) < 4.78 is 61.5. The van der Waals surface area contributed by atoms with Crippen molar-refractivity contribution < 1.29 is 75.8 Å². The van der Waals surface area contributed by atoms with E-state index in [1.54, 1.807) is 0 Å². The van der Waals surface area contributed by atoms with Crippen molar-refractivity contribution in [2.75, 3.05) is 39.6 Å². The quantitative estimate of drug-likeness (QED) is 0.0146. The Kier molecular flexibility index (Phi) is 89.2. The van der Waals surface area contributed by atoms with E-state index in [1.165, 1.54) is 128 Å². The maximum Gasteiger partial charge on any atom is 0.472 e. The molecule has 0 saturated carbocycles. The Morgan fingerprint density at radius 2 is 0.438 bits per heavy atom. The lowest BCUT2D eigenvalue weighted by atomic mass is 10.0. The zero-order valence-corrected chi connectivity index (χ0v) is 77.9. The summed E-state index contributed by atoms with van der Waals surface area (Å²) in [6.07, 6.45) is 125. The van der Waals surface area contributed by atoms with E-state index >= 15 is 0 Å². The molecule has 5 unspecified atom stereocenters. The smallest absolute Gasteiger partial charge is 0.463 e. The minimum absolute atomic E-state index is 0.0782. The SMILES string of the molecule is CC/C=C\C/C=C\C/C=C\C/C=C\C/C=C\C/C=C\CCCCCCCCCCCCCCCCC(=O)OCC(O)COP(=O)(O)OCC(O)COP(=O)(O)OCC(COC(=O)CCCCCCCCCCCCCC/C=C\C/C=C\C/C=C\C/C=C\C/C=C\C/C=C\CC)OC(=O)CCCCCCC/C=C\C/C=C\C/C=C\C/C=C\CCCCC. The molecule has 121 heavy (non-hydrogen) atoms. The summed E-state index contributed by atoms with van der Waals surface area (Å²) in [6.45, 7) is 2.44. The standard InChI is InChI=1S/C103H172O16P2/c1-4-7-10-13-16-19-22-25-28-31-34-37-39-41-43-45-47-48-50-52-53-55-57-60-62-65-68-71-74-77-80-83-86-89-101(106)113-92-98(104)93-115-120(109,110)116-94-99(105)95-117-121(111,112)118-97-100(119-103(108)91-88-85-82-79-76-73-70-67-64-59-36-33-30-27-24-21-18-15-12-9-6-3)96-114-102(107)90-87-84-81-78-75-72-69-66-63-61-58-56-54-51-49-46-44-42-40-38-35-32-29-26-23-20-17-14-11-8-5-2/h7-8,10-11,16-21,25-30,34-38,41-44,47-49,51,59,67,70,98-100,104-105H,4-6,9,12-15,22-24,31-33,39-40,45-46,50,52-58,60-66,68-69,71-97H2,1-3H3,(H,109,110)(H,111,112)/b10-7-,11-8-,19-16-,20-17-,21-18-,28-25-,29-26-,30-27-,37-34-,38-35-,43-41-,44-42-,48-47-,51-49-,59-36-,70-67-. The second-order valence-electron chi connectivity index (χ2n) is 31.4. The van der Waals surface area contributed by atoms with E-state index in [2.05, 4.69) is 215 Å². The molecule has 0 amide bonds. The fourth-order valence-corrected chi connectivity index (χ4v) is 14.2. The van der Waals surface area contributed by atoms with Crippen molar-refractivity contribution in [3.8, 4) is 0 Å². The van der Waals surface area contributed by atoms with Gasteiger partial charge in [0, 0.05) is 19.3 Å². The van der Waals surface area contributed by atoms with E-state index in [0.717, 1.165) is 193 Å². The molecule has 0 aliphatic rings. The molecule has 0 aliphatic heterocycles. The molecule has 690 valence electrons. The zero-order valence-electron chi connectivity index (χ0n) is 76.1. The fourth-order valence-electron chi connectivity index (χ4n) is 12.6. The van der Waals surface area contributed by atoms with Crippen LogP contribution in [-0.2, 0) is 55.8 Å². The summed E-state index contributed by atoms with van der Waals surface area (Å²) in [5, 5.41) is 20.8. The Balaban J connectivity index is 4.60. The third-order valence-corrected chi connectivity index (χ3v) is 21.7. The van der Waals surface area contributed by atoms with Crippen molar-refractivity contribution in [2.45, 2.75) is 399 Å². The van der Waals surface area contributed by atoms with Crippen LogP contribution in [0.4, 0.5) is 0 Å². The highest BCUT2D eigenvalue weighted by atomic mass is 31.2. The van der Waals surface area contributed by atoms with Gasteiger partial charge in [0.05, 0.1) is 26.4 Å². The lowest BCUT2D eigenvalue weighted by molar-refractivity contribution is -0.161. The second-order valence-corrected chi connectivity index (χ2v) is 34.3. The van der Waals surface area contributed by atoms with Gasteiger partial charge >= 0.3 is 33.6 Å². The van der Waals surface area contributed by atoms with Gasteiger partial charge in [0.2, 0.25) is 0 Å². The van der Waals surface area contributed by atoms with Crippen LogP contribution in [0.5, 0.6) is 0 Å². The second kappa shape index (κ2) is 93.5. The van der Waals surface area contributed by atoms with Crippen LogP contribution in [0, 0.1) is 0 Å². The normalized spacial score (nSPS) is 14.6. The summed E-state index contributed by atoms with van der Waals surface area (Å²) in [5.41, 5.74) is 0. The van der Waals surface area contributed by atoms with E-state index in [1.807, 2.05) is 0 Å². The van der Waals surface area contributed by atoms with Gasteiger partial charge < -0.3 is 34.2 Å². The molecule has 0 aromatic carbocycles. The molecule has 4 N–H and O–H groups in total. The molecule has 0 spiro atoms. The molecule has 0 rings (SSSR count). The minimum atomic E-state index is -4.95. The monoisotopic (exact) mass is 1730 g/mol. The zero-order chi connectivity index (χ0) is 87.9. The van der Waals surface area contributed by atoms with Crippen molar-refractivity contribution >= 4 is 33.6 Å². The van der Waals surface area contributed by atoms with Crippen LogP contribution in [0.15, 0.2) is 194 Å². The third-order valence-electron chi connectivity index (χ3n) is 19.8. The van der Waals surface area contributed by atoms with Gasteiger partial charge in [-0.1, -0.05) is 389 Å². The Bertz CT molecular complexity index is 2980. The molecule has 0 aliphatic carbocycles. The number of unbranched alkanes of at least 4 members (excludes halogenated alkanes) is 34. The topological polar surface area (TPSA) is 231 Å². The number of ether oxygens (including phenoxy) is 3. The Morgan fingerprint density at radius 3 is 0.694 bits per heavy atom.